The lowest BCUT2D eigenvalue weighted by atomic mass is 10.2. The predicted octanol–water partition coefficient (Wildman–Crippen LogP) is 7.57. The van der Waals surface area contributed by atoms with Gasteiger partial charge in [0.15, 0.2) is 16.6 Å². The molecule has 2 N–H and O–H groups in total. The van der Waals surface area contributed by atoms with E-state index in [0.717, 1.165) is 0 Å². The molecule has 0 fully saturated rings. The van der Waals surface area contributed by atoms with Crippen LogP contribution in [0.2, 0.25) is 36.3 Å². The number of nitrogens with zero attached hydrogens (tertiary/aromatic N) is 2. The number of hydrogen-bond acceptors (Lipinski definition) is 10. The molecule has 2 rings (SSSR count). The minimum absolute atomic E-state index is 0.00179. The van der Waals surface area contributed by atoms with Crippen LogP contribution in [0.25, 0.3) is 0 Å². The van der Waals surface area contributed by atoms with Crippen LogP contribution in [0, 0.1) is 10.4 Å². The molecule has 0 radical (unpaired) electrons. The van der Waals surface area contributed by atoms with Gasteiger partial charge in [-0.3, -0.25) is 10.4 Å². The van der Waals surface area contributed by atoms with E-state index in [1.807, 2.05) is 0 Å². The van der Waals surface area contributed by atoms with Gasteiger partial charge in [0.25, 0.3) is 0 Å². The van der Waals surface area contributed by atoms with Gasteiger partial charge in [-0.1, -0.05) is 65.8 Å². The Bertz CT molecular complexity index is 1020. The largest absolute Gasteiger partial charge is 0.733 e. The third kappa shape index (κ3) is 8.67. The van der Waals surface area contributed by atoms with Crippen LogP contribution in [0.1, 0.15) is 52.7 Å². The van der Waals surface area contributed by atoms with Crippen molar-refractivity contribution in [3.05, 3.63) is 57.9 Å². The zero-order valence-electron chi connectivity index (χ0n) is 25.5. The normalized spacial score (nSPS) is 12.8. The van der Waals surface area contributed by atoms with Gasteiger partial charge in [0.05, 0.1) is 24.6 Å². The maximum atomic E-state index is 12.1. The molecule has 0 aliphatic carbocycles. The van der Waals surface area contributed by atoms with Crippen LogP contribution in [0.3, 0.4) is 0 Å². The van der Waals surface area contributed by atoms with Gasteiger partial charge in [-0.15, -0.1) is 0 Å². The number of rotatable bonds is 13. The molecule has 0 unspecified atom stereocenters. The minimum Gasteiger partial charge on any atom is -0.733 e. The maximum Gasteiger partial charge on any atom is 0.192 e. The number of benzene rings is 2. The van der Waals surface area contributed by atoms with E-state index >= 15 is 0 Å². The molecule has 0 saturated carbocycles. The molecule has 2 aromatic rings. The summed E-state index contributed by atoms with van der Waals surface area (Å²) in [4.78, 5) is 0. The second-order valence-corrected chi connectivity index (χ2v) is 22.5. The summed E-state index contributed by atoms with van der Waals surface area (Å²) in [5, 5.41) is 43.3. The lowest BCUT2D eigenvalue weighted by Crippen LogP contribution is -2.40. The molecule has 226 valence electrons. The van der Waals surface area contributed by atoms with E-state index in [4.69, 9.17) is 18.3 Å². The zero-order valence-corrected chi connectivity index (χ0v) is 27.5. The summed E-state index contributed by atoms with van der Waals surface area (Å²) in [5.41, 5.74) is 0.931. The number of ether oxygens (including phenoxy) is 2. The number of hydrogen-bond donors (Lipinski definition) is 2. The number of para-hydroxylation sites is 2. The molecule has 2 aromatic carbocycles. The third-order valence-electron chi connectivity index (χ3n) is 7.94. The first-order valence-electron chi connectivity index (χ1n) is 13.4. The summed E-state index contributed by atoms with van der Waals surface area (Å²) in [6.45, 7) is 21.5. The molecule has 0 spiro atoms. The first-order chi connectivity index (χ1) is 18.3. The molecular formula is C28H46N2O8Si2-2. The van der Waals surface area contributed by atoms with E-state index in [9.17, 15) is 20.8 Å². The lowest BCUT2D eigenvalue weighted by Gasteiger charge is -2.37. The second-order valence-electron chi connectivity index (χ2n) is 12.9. The van der Waals surface area contributed by atoms with Crippen LogP contribution in [-0.2, 0) is 22.1 Å². The second kappa shape index (κ2) is 13.2. The fourth-order valence-corrected chi connectivity index (χ4v) is 5.19. The first-order valence-corrected chi connectivity index (χ1v) is 19.2. The van der Waals surface area contributed by atoms with Crippen molar-refractivity contribution in [2.24, 2.45) is 0 Å². The van der Waals surface area contributed by atoms with Gasteiger partial charge < -0.3 is 39.2 Å². The first kappa shape index (κ1) is 34.0. The summed E-state index contributed by atoms with van der Waals surface area (Å²) in [5.74, 6) is 0.337. The molecule has 0 aromatic heterocycles. The van der Waals surface area contributed by atoms with Crippen molar-refractivity contribution in [2.45, 2.75) is 91.0 Å². The van der Waals surface area contributed by atoms with Crippen LogP contribution >= 0.6 is 0 Å². The van der Waals surface area contributed by atoms with Crippen molar-refractivity contribution < 1.29 is 28.7 Å². The molecule has 0 heterocycles. The highest BCUT2D eigenvalue weighted by atomic mass is 28.4. The summed E-state index contributed by atoms with van der Waals surface area (Å²) < 4.78 is 24.0. The smallest absolute Gasteiger partial charge is 0.192 e. The standard InChI is InChI=1S/C28H46N2O8Si2/c1-27(2,3)39(7,8)37-19-21-13-11-15-23(25(21)29(31)32)35-17-18-36-24-16-12-14-22(26(24)30(33)34)20-38-40(9,10)28(4,5)6/h11-16,31,33H,17-20H2,1-10H3/q-2. The van der Waals surface area contributed by atoms with Gasteiger partial charge in [-0.2, -0.15) is 0 Å². The molecule has 0 aliphatic heterocycles. The van der Waals surface area contributed by atoms with Crippen LogP contribution in [-0.4, -0.2) is 40.3 Å². The molecule has 0 aliphatic rings. The van der Waals surface area contributed by atoms with E-state index in [0.29, 0.717) is 11.1 Å². The topological polar surface area (TPSA) is 130 Å². The Kier molecular flexibility index (Phi) is 11.2. The summed E-state index contributed by atoms with van der Waals surface area (Å²) in [6, 6.07) is 10.0. The van der Waals surface area contributed by atoms with Gasteiger partial charge in [0.2, 0.25) is 0 Å². The Morgan fingerprint density at radius 2 is 0.975 bits per heavy atom. The monoisotopic (exact) mass is 594 g/mol. The quantitative estimate of drug-likeness (QED) is 0.136. The summed E-state index contributed by atoms with van der Waals surface area (Å²) >= 11 is 0. The fourth-order valence-electron chi connectivity index (χ4n) is 3.29. The Balaban J connectivity index is 2.12. The van der Waals surface area contributed by atoms with E-state index in [-0.39, 0.29) is 69.8 Å². The highest BCUT2D eigenvalue weighted by Crippen LogP contribution is 2.40. The van der Waals surface area contributed by atoms with Crippen molar-refractivity contribution in [2.75, 3.05) is 23.7 Å². The molecule has 0 bridgehead atoms. The van der Waals surface area contributed by atoms with E-state index in [1.165, 1.54) is 0 Å². The molecule has 12 heteroatoms. The third-order valence-corrected chi connectivity index (χ3v) is 16.9. The highest BCUT2D eigenvalue weighted by molar-refractivity contribution is 6.74. The Morgan fingerprint density at radius 1 is 0.650 bits per heavy atom. The van der Waals surface area contributed by atoms with Gasteiger partial charge in [-0.05, 0) is 48.4 Å². The van der Waals surface area contributed by atoms with Crippen LogP contribution in [0.15, 0.2) is 36.4 Å². The highest BCUT2D eigenvalue weighted by Gasteiger charge is 2.38. The summed E-state index contributed by atoms with van der Waals surface area (Å²) in [7, 11) is -4.19. The minimum atomic E-state index is -2.10. The molecule has 10 nitrogen and oxygen atoms in total. The van der Waals surface area contributed by atoms with Crippen molar-refractivity contribution in [3.8, 4) is 11.5 Å². The molecule has 40 heavy (non-hydrogen) atoms. The van der Waals surface area contributed by atoms with Crippen molar-refractivity contribution >= 4 is 28.0 Å². The van der Waals surface area contributed by atoms with Gasteiger partial charge in [-0.25, -0.2) is 0 Å². The lowest BCUT2D eigenvalue weighted by molar-refractivity contribution is 0.209. The molecule has 0 saturated heterocycles. The van der Waals surface area contributed by atoms with Crippen LogP contribution < -0.4 is 19.9 Å². The molecular weight excluding hydrogens is 548 g/mol. The van der Waals surface area contributed by atoms with Gasteiger partial charge >= 0.3 is 0 Å². The Labute approximate surface area is 240 Å². The average Bonchev–Trinajstić information content (AvgIpc) is 2.82. The Hall–Kier alpha value is -2.17. The molecule has 0 amide bonds. The van der Waals surface area contributed by atoms with E-state index < -0.39 is 16.6 Å². The van der Waals surface area contributed by atoms with Crippen LogP contribution in [0.4, 0.5) is 11.4 Å². The van der Waals surface area contributed by atoms with E-state index in [2.05, 4.69) is 67.7 Å². The predicted molar refractivity (Wildman–Crippen MR) is 163 cm³/mol. The van der Waals surface area contributed by atoms with Gasteiger partial charge in [0, 0.05) is 11.1 Å². The van der Waals surface area contributed by atoms with Crippen molar-refractivity contribution in [1.29, 1.82) is 0 Å². The average molecular weight is 595 g/mol. The Morgan fingerprint density at radius 3 is 1.25 bits per heavy atom. The fraction of sp³-hybridized carbons (Fsp3) is 0.571. The van der Waals surface area contributed by atoms with E-state index in [1.54, 1.807) is 36.4 Å². The van der Waals surface area contributed by atoms with Crippen LogP contribution in [0.5, 0.6) is 11.5 Å². The maximum absolute atomic E-state index is 12.1. The zero-order chi connectivity index (χ0) is 30.5. The summed E-state index contributed by atoms with van der Waals surface area (Å²) in [6.07, 6.45) is 0. The number of anilines is 2. The van der Waals surface area contributed by atoms with Crippen molar-refractivity contribution in [3.63, 3.8) is 0 Å². The SMILES string of the molecule is CC(C)(C)[Si](C)(C)OCc1cccc(OCCOc2cccc(CO[Si](C)(C)C(C)(C)C)c2N([O-])O)c1N([O-])O. The van der Waals surface area contributed by atoms with Crippen molar-refractivity contribution in [1.82, 2.24) is 0 Å². The van der Waals surface area contributed by atoms with Gasteiger partial charge in [0.1, 0.15) is 24.7 Å². The molecule has 0 atom stereocenters.